The van der Waals surface area contributed by atoms with Crippen molar-refractivity contribution in [3.05, 3.63) is 12.2 Å². The fourth-order valence-corrected chi connectivity index (χ4v) is 2.19. The Morgan fingerprint density at radius 1 is 1.44 bits per heavy atom. The topological polar surface area (TPSA) is 82.7 Å². The van der Waals surface area contributed by atoms with Gasteiger partial charge < -0.3 is 10.6 Å². The lowest BCUT2D eigenvalue weighted by atomic mass is 10.1. The molecule has 1 atom stereocenters. The maximum absolute atomic E-state index is 11.9. The van der Waals surface area contributed by atoms with Crippen LogP contribution in [0.5, 0.6) is 0 Å². The summed E-state index contributed by atoms with van der Waals surface area (Å²) in [5, 5.41) is 12.9. The van der Waals surface area contributed by atoms with Gasteiger partial charge >= 0.3 is 0 Å². The highest BCUT2D eigenvalue weighted by atomic mass is 16.2. The molecule has 6 nitrogen and oxygen atoms in total. The molecule has 1 aliphatic rings. The van der Waals surface area contributed by atoms with E-state index < -0.39 is 0 Å². The molecule has 1 saturated heterocycles. The van der Waals surface area contributed by atoms with Gasteiger partial charge in [0.15, 0.2) is 0 Å². The van der Waals surface area contributed by atoms with Gasteiger partial charge in [-0.1, -0.05) is 12.8 Å². The Balaban J connectivity index is 1.61. The summed E-state index contributed by atoms with van der Waals surface area (Å²) in [5.41, 5.74) is 0. The van der Waals surface area contributed by atoms with Gasteiger partial charge in [-0.3, -0.25) is 9.89 Å². The second-order valence-electron chi connectivity index (χ2n) is 4.68. The zero-order valence-electron chi connectivity index (χ0n) is 10.6. The Morgan fingerprint density at radius 2 is 2.39 bits per heavy atom. The fraction of sp³-hybridized carbons (Fsp3) is 0.750. The summed E-state index contributed by atoms with van der Waals surface area (Å²) >= 11 is 0. The zero-order chi connectivity index (χ0) is 12.6. The number of rotatable bonds is 5. The molecular formula is C12H21N5O. The molecule has 18 heavy (non-hydrogen) atoms. The summed E-state index contributed by atoms with van der Waals surface area (Å²) in [6.07, 6.45) is 7.70. The van der Waals surface area contributed by atoms with Crippen molar-refractivity contribution in [2.45, 2.75) is 44.6 Å². The SMILES string of the molecule is O=C(NCCCc1ncn[nH]1)C1CCCCCN1. The highest BCUT2D eigenvalue weighted by Crippen LogP contribution is 2.08. The lowest BCUT2D eigenvalue weighted by molar-refractivity contribution is -0.123. The number of hydrogen-bond acceptors (Lipinski definition) is 4. The lowest BCUT2D eigenvalue weighted by Crippen LogP contribution is -2.44. The minimum Gasteiger partial charge on any atom is -0.355 e. The lowest BCUT2D eigenvalue weighted by Gasteiger charge is -2.15. The summed E-state index contributed by atoms with van der Waals surface area (Å²) in [6, 6.07) is -0.00206. The normalized spacial score (nSPS) is 20.3. The number of aromatic amines is 1. The predicted octanol–water partition coefficient (Wildman–Crippen LogP) is 0.386. The first kappa shape index (κ1) is 13.0. The van der Waals surface area contributed by atoms with E-state index >= 15 is 0 Å². The number of H-pyrrole nitrogens is 1. The molecule has 1 amide bonds. The van der Waals surface area contributed by atoms with Gasteiger partial charge in [0.1, 0.15) is 12.2 Å². The second-order valence-corrected chi connectivity index (χ2v) is 4.68. The molecule has 0 saturated carbocycles. The minimum atomic E-state index is -0.00206. The van der Waals surface area contributed by atoms with Gasteiger partial charge in [0.05, 0.1) is 6.04 Å². The molecule has 0 aliphatic carbocycles. The van der Waals surface area contributed by atoms with Crippen molar-refractivity contribution < 1.29 is 4.79 Å². The minimum absolute atomic E-state index is 0.00206. The molecule has 1 fully saturated rings. The summed E-state index contributed by atoms with van der Waals surface area (Å²) in [4.78, 5) is 15.9. The number of carbonyl (C=O) groups excluding carboxylic acids is 1. The van der Waals surface area contributed by atoms with Gasteiger partial charge in [-0.05, 0) is 25.8 Å². The summed E-state index contributed by atoms with van der Waals surface area (Å²) in [6.45, 7) is 1.65. The van der Waals surface area contributed by atoms with Crippen molar-refractivity contribution in [1.29, 1.82) is 0 Å². The largest absolute Gasteiger partial charge is 0.355 e. The molecule has 0 bridgehead atoms. The molecule has 1 aromatic rings. The number of nitrogens with zero attached hydrogens (tertiary/aromatic N) is 2. The third-order valence-corrected chi connectivity index (χ3v) is 3.23. The van der Waals surface area contributed by atoms with Crippen LogP contribution < -0.4 is 10.6 Å². The van der Waals surface area contributed by atoms with Gasteiger partial charge in [-0.2, -0.15) is 5.10 Å². The molecule has 0 spiro atoms. The second kappa shape index (κ2) is 7.10. The van der Waals surface area contributed by atoms with Crippen LogP contribution in [-0.4, -0.2) is 40.2 Å². The van der Waals surface area contributed by atoms with E-state index in [1.165, 1.54) is 19.2 Å². The van der Waals surface area contributed by atoms with Crippen LogP contribution in [0.15, 0.2) is 6.33 Å². The molecule has 100 valence electrons. The van der Waals surface area contributed by atoms with E-state index in [4.69, 9.17) is 0 Å². The van der Waals surface area contributed by atoms with Crippen LogP contribution in [0.25, 0.3) is 0 Å². The Labute approximate surface area is 107 Å². The van der Waals surface area contributed by atoms with Crippen molar-refractivity contribution in [2.75, 3.05) is 13.1 Å². The Morgan fingerprint density at radius 3 is 3.22 bits per heavy atom. The van der Waals surface area contributed by atoms with E-state index in [1.54, 1.807) is 0 Å². The Kier molecular flexibility index (Phi) is 5.14. The smallest absolute Gasteiger partial charge is 0.237 e. The summed E-state index contributed by atoms with van der Waals surface area (Å²) in [7, 11) is 0. The van der Waals surface area contributed by atoms with Gasteiger partial charge in [-0.15, -0.1) is 0 Å². The van der Waals surface area contributed by atoms with Crippen LogP contribution in [0.3, 0.4) is 0 Å². The van der Waals surface area contributed by atoms with Crippen LogP contribution >= 0.6 is 0 Å². The Bertz CT molecular complexity index is 343. The number of aryl methyl sites for hydroxylation is 1. The summed E-state index contributed by atoms with van der Waals surface area (Å²) < 4.78 is 0. The molecule has 1 aromatic heterocycles. The van der Waals surface area contributed by atoms with Crippen LogP contribution in [-0.2, 0) is 11.2 Å². The number of nitrogens with one attached hydrogen (secondary N) is 3. The van der Waals surface area contributed by atoms with Crippen molar-refractivity contribution in [3.8, 4) is 0 Å². The first-order valence-corrected chi connectivity index (χ1v) is 6.71. The van der Waals surface area contributed by atoms with E-state index in [0.29, 0.717) is 6.54 Å². The quantitative estimate of drug-likeness (QED) is 0.661. The maximum Gasteiger partial charge on any atom is 0.237 e. The number of amides is 1. The maximum atomic E-state index is 11.9. The van der Waals surface area contributed by atoms with Crippen molar-refractivity contribution in [3.63, 3.8) is 0 Å². The van der Waals surface area contributed by atoms with Gasteiger partial charge in [0, 0.05) is 13.0 Å². The molecule has 3 N–H and O–H groups in total. The molecule has 2 heterocycles. The van der Waals surface area contributed by atoms with Gasteiger partial charge in [0.25, 0.3) is 0 Å². The van der Waals surface area contributed by atoms with Gasteiger partial charge in [0.2, 0.25) is 5.91 Å². The van der Waals surface area contributed by atoms with Crippen LogP contribution in [0.2, 0.25) is 0 Å². The molecule has 2 rings (SSSR count). The highest BCUT2D eigenvalue weighted by molar-refractivity contribution is 5.81. The third kappa shape index (κ3) is 4.10. The first-order valence-electron chi connectivity index (χ1n) is 6.71. The molecule has 6 heteroatoms. The monoisotopic (exact) mass is 251 g/mol. The standard InChI is InChI=1S/C12H21N5O/c18-12(10-5-2-1-3-7-13-10)14-8-4-6-11-15-9-16-17-11/h9-10,13H,1-8H2,(H,14,18)(H,15,16,17). The third-order valence-electron chi connectivity index (χ3n) is 3.23. The number of aromatic nitrogens is 3. The molecular weight excluding hydrogens is 230 g/mol. The summed E-state index contributed by atoms with van der Waals surface area (Å²) in [5.74, 6) is 1.01. The molecule has 0 radical (unpaired) electrons. The van der Waals surface area contributed by atoms with E-state index in [1.807, 2.05) is 0 Å². The van der Waals surface area contributed by atoms with E-state index in [2.05, 4.69) is 25.8 Å². The van der Waals surface area contributed by atoms with Crippen molar-refractivity contribution in [2.24, 2.45) is 0 Å². The average Bonchev–Trinajstić information content (AvgIpc) is 2.74. The van der Waals surface area contributed by atoms with Crippen molar-refractivity contribution in [1.82, 2.24) is 25.8 Å². The van der Waals surface area contributed by atoms with Crippen molar-refractivity contribution >= 4 is 5.91 Å². The Hall–Kier alpha value is -1.43. The molecule has 1 unspecified atom stereocenters. The molecule has 0 aromatic carbocycles. The van der Waals surface area contributed by atoms with Crippen LogP contribution in [0, 0.1) is 0 Å². The number of carbonyl (C=O) groups is 1. The van der Waals surface area contributed by atoms with E-state index in [0.717, 1.165) is 38.1 Å². The first-order chi connectivity index (χ1) is 8.86. The zero-order valence-corrected chi connectivity index (χ0v) is 10.6. The fourth-order valence-electron chi connectivity index (χ4n) is 2.19. The highest BCUT2D eigenvalue weighted by Gasteiger charge is 2.18. The predicted molar refractivity (Wildman–Crippen MR) is 68.0 cm³/mol. The average molecular weight is 251 g/mol. The number of hydrogen-bond donors (Lipinski definition) is 3. The van der Waals surface area contributed by atoms with E-state index in [9.17, 15) is 4.79 Å². The van der Waals surface area contributed by atoms with Crippen LogP contribution in [0.1, 0.15) is 37.9 Å². The van der Waals surface area contributed by atoms with Crippen LogP contribution in [0.4, 0.5) is 0 Å². The van der Waals surface area contributed by atoms with Gasteiger partial charge in [-0.25, -0.2) is 4.98 Å². The molecule has 1 aliphatic heterocycles. The van der Waals surface area contributed by atoms with E-state index in [-0.39, 0.29) is 11.9 Å².